The van der Waals surface area contributed by atoms with Crippen molar-refractivity contribution in [3.8, 4) is 5.75 Å². The van der Waals surface area contributed by atoms with Gasteiger partial charge in [-0.05, 0) is 106 Å². The molecule has 0 radical (unpaired) electrons. The molecule has 0 atom stereocenters. The van der Waals surface area contributed by atoms with Gasteiger partial charge in [0.05, 0.1) is 18.0 Å². The van der Waals surface area contributed by atoms with Crippen LogP contribution in [0.1, 0.15) is 57.9 Å². The van der Waals surface area contributed by atoms with Crippen LogP contribution in [0.3, 0.4) is 0 Å². The summed E-state index contributed by atoms with van der Waals surface area (Å²) in [5, 5.41) is 6.68. The topological polar surface area (TPSA) is 63.2 Å². The van der Waals surface area contributed by atoms with Gasteiger partial charge in [-0.25, -0.2) is 4.98 Å². The smallest absolute Gasteiger partial charge is 0.248 e. The Morgan fingerprint density at radius 1 is 1.09 bits per heavy atom. The molecule has 168 valence electrons. The second-order valence-corrected chi connectivity index (χ2v) is 10.3. The number of ether oxygens (including phenoxy) is 1. The van der Waals surface area contributed by atoms with Crippen molar-refractivity contribution in [3.63, 3.8) is 0 Å². The van der Waals surface area contributed by atoms with Gasteiger partial charge in [0.25, 0.3) is 0 Å². The van der Waals surface area contributed by atoms with E-state index in [2.05, 4.69) is 15.6 Å². The molecule has 1 aromatic carbocycles. The lowest BCUT2D eigenvalue weighted by molar-refractivity contribution is -0.111. The number of anilines is 2. The van der Waals surface area contributed by atoms with Crippen LogP contribution in [0.15, 0.2) is 48.7 Å². The SMILES string of the molecule is CC(C)Oc1cccc(/C=C/C(=O)Nc2ccc(NC34CC5CC(CC(C5)C3)C4)nc2)c1. The number of aromatic nitrogens is 1. The predicted molar refractivity (Wildman–Crippen MR) is 129 cm³/mol. The van der Waals surface area contributed by atoms with E-state index in [-0.39, 0.29) is 17.6 Å². The third-order valence-corrected chi connectivity index (χ3v) is 7.12. The van der Waals surface area contributed by atoms with Crippen molar-refractivity contribution in [1.29, 1.82) is 0 Å². The molecule has 32 heavy (non-hydrogen) atoms. The molecular weight excluding hydrogens is 398 g/mol. The van der Waals surface area contributed by atoms with Gasteiger partial charge in [-0.1, -0.05) is 12.1 Å². The lowest BCUT2D eigenvalue weighted by Gasteiger charge is -2.57. The van der Waals surface area contributed by atoms with Crippen LogP contribution in [0.2, 0.25) is 0 Å². The highest BCUT2D eigenvalue weighted by Gasteiger charge is 2.51. The normalized spacial score (nSPS) is 28.3. The Balaban J connectivity index is 1.17. The van der Waals surface area contributed by atoms with E-state index in [1.807, 2.05) is 50.2 Å². The Hall–Kier alpha value is -2.82. The Morgan fingerprint density at radius 3 is 2.44 bits per heavy atom. The second-order valence-electron chi connectivity index (χ2n) is 10.3. The van der Waals surface area contributed by atoms with Crippen LogP contribution in [0.25, 0.3) is 6.08 Å². The summed E-state index contributed by atoms with van der Waals surface area (Å²) in [5.74, 6) is 4.24. The van der Waals surface area contributed by atoms with E-state index in [0.29, 0.717) is 5.69 Å². The first kappa shape index (κ1) is 21.0. The van der Waals surface area contributed by atoms with Gasteiger partial charge in [0.2, 0.25) is 5.91 Å². The van der Waals surface area contributed by atoms with Gasteiger partial charge in [0.15, 0.2) is 0 Å². The van der Waals surface area contributed by atoms with E-state index in [4.69, 9.17) is 4.74 Å². The zero-order valence-corrected chi connectivity index (χ0v) is 19.0. The van der Waals surface area contributed by atoms with Crippen molar-refractivity contribution in [1.82, 2.24) is 4.98 Å². The highest BCUT2D eigenvalue weighted by Crippen LogP contribution is 2.56. The Bertz CT molecular complexity index is 961. The van der Waals surface area contributed by atoms with Gasteiger partial charge in [0.1, 0.15) is 11.6 Å². The highest BCUT2D eigenvalue weighted by molar-refractivity contribution is 6.01. The van der Waals surface area contributed by atoms with Crippen molar-refractivity contribution in [2.45, 2.75) is 64.0 Å². The maximum absolute atomic E-state index is 12.4. The number of rotatable bonds is 7. The molecule has 2 aromatic rings. The van der Waals surface area contributed by atoms with Crippen LogP contribution >= 0.6 is 0 Å². The number of nitrogens with one attached hydrogen (secondary N) is 2. The summed E-state index contributed by atoms with van der Waals surface area (Å²) in [7, 11) is 0. The summed E-state index contributed by atoms with van der Waals surface area (Å²) >= 11 is 0. The fraction of sp³-hybridized carbons (Fsp3) is 0.481. The molecule has 1 amide bonds. The summed E-state index contributed by atoms with van der Waals surface area (Å²) in [6.45, 7) is 3.99. The number of carbonyl (C=O) groups excluding carboxylic acids is 1. The molecule has 5 nitrogen and oxygen atoms in total. The van der Waals surface area contributed by atoms with E-state index in [1.54, 1.807) is 12.3 Å². The molecule has 4 fully saturated rings. The van der Waals surface area contributed by atoms with Crippen LogP contribution < -0.4 is 15.4 Å². The van der Waals surface area contributed by atoms with Crippen molar-refractivity contribution in [2.24, 2.45) is 17.8 Å². The molecule has 4 bridgehead atoms. The van der Waals surface area contributed by atoms with Crippen LogP contribution in [0.5, 0.6) is 5.75 Å². The molecule has 2 N–H and O–H groups in total. The minimum Gasteiger partial charge on any atom is -0.491 e. The fourth-order valence-corrected chi connectivity index (χ4v) is 6.40. The fourth-order valence-electron chi connectivity index (χ4n) is 6.40. The molecule has 1 heterocycles. The largest absolute Gasteiger partial charge is 0.491 e. The average Bonchev–Trinajstić information content (AvgIpc) is 2.72. The number of hydrogen-bond acceptors (Lipinski definition) is 4. The molecule has 1 aromatic heterocycles. The molecule has 6 rings (SSSR count). The van der Waals surface area contributed by atoms with Crippen molar-refractivity contribution in [3.05, 3.63) is 54.2 Å². The minimum absolute atomic E-state index is 0.116. The van der Waals surface area contributed by atoms with Crippen LogP contribution in [0.4, 0.5) is 11.5 Å². The third kappa shape index (κ3) is 4.82. The lowest BCUT2D eigenvalue weighted by Crippen LogP contribution is -2.54. The molecule has 4 aliphatic carbocycles. The van der Waals surface area contributed by atoms with Crippen LogP contribution in [0, 0.1) is 17.8 Å². The van der Waals surface area contributed by atoms with Gasteiger partial charge >= 0.3 is 0 Å². The lowest BCUT2D eigenvalue weighted by atomic mass is 9.53. The highest BCUT2D eigenvalue weighted by atomic mass is 16.5. The number of pyridine rings is 1. The summed E-state index contributed by atoms with van der Waals surface area (Å²) in [6.07, 6.45) is 13.3. The first-order valence-corrected chi connectivity index (χ1v) is 11.9. The first-order chi connectivity index (χ1) is 15.4. The number of carbonyl (C=O) groups is 1. The van der Waals surface area contributed by atoms with Crippen molar-refractivity contribution < 1.29 is 9.53 Å². The Morgan fingerprint density at radius 2 is 1.81 bits per heavy atom. The second kappa shape index (κ2) is 8.61. The van der Waals surface area contributed by atoms with Crippen molar-refractivity contribution >= 4 is 23.5 Å². The van der Waals surface area contributed by atoms with Gasteiger partial charge in [0, 0.05) is 11.6 Å². The summed E-state index contributed by atoms with van der Waals surface area (Å²) in [4.78, 5) is 17.0. The number of nitrogens with zero attached hydrogens (tertiary/aromatic N) is 1. The molecule has 4 saturated carbocycles. The zero-order chi connectivity index (χ0) is 22.1. The maximum Gasteiger partial charge on any atom is 0.248 e. The van der Waals surface area contributed by atoms with E-state index < -0.39 is 0 Å². The quantitative estimate of drug-likeness (QED) is 0.536. The number of hydrogen-bond donors (Lipinski definition) is 2. The zero-order valence-electron chi connectivity index (χ0n) is 19.0. The predicted octanol–water partition coefficient (Wildman–Crippen LogP) is 5.90. The summed E-state index contributed by atoms with van der Waals surface area (Å²) in [5.41, 5.74) is 1.86. The first-order valence-electron chi connectivity index (χ1n) is 11.9. The van der Waals surface area contributed by atoms with E-state index in [0.717, 1.165) is 34.9 Å². The van der Waals surface area contributed by atoms with E-state index in [9.17, 15) is 4.79 Å². The van der Waals surface area contributed by atoms with Crippen molar-refractivity contribution in [2.75, 3.05) is 10.6 Å². The summed E-state index contributed by atoms with van der Waals surface area (Å²) < 4.78 is 5.71. The molecule has 4 aliphatic rings. The van der Waals surface area contributed by atoms with Gasteiger partial charge < -0.3 is 15.4 Å². The number of amides is 1. The van der Waals surface area contributed by atoms with E-state index in [1.165, 1.54) is 44.6 Å². The van der Waals surface area contributed by atoms with Gasteiger partial charge in [-0.2, -0.15) is 0 Å². The third-order valence-electron chi connectivity index (χ3n) is 7.12. The Kier molecular flexibility index (Phi) is 5.66. The standard InChI is InChI=1S/C27H33N3O2/c1-18(2)32-24-5-3-4-19(13-24)6-9-26(31)29-23-7-8-25(28-17-23)30-27-14-20-10-21(15-27)12-22(11-20)16-27/h3-9,13,17-18,20-22H,10-12,14-16H2,1-2H3,(H,28,30)(H,29,31)/b9-6+. The number of benzene rings is 1. The van der Waals surface area contributed by atoms with Gasteiger partial charge in [-0.15, -0.1) is 0 Å². The average molecular weight is 432 g/mol. The molecule has 0 unspecified atom stereocenters. The molecule has 0 aliphatic heterocycles. The molecule has 5 heteroatoms. The monoisotopic (exact) mass is 431 g/mol. The summed E-state index contributed by atoms with van der Waals surface area (Å²) in [6, 6.07) is 11.6. The Labute approximate surface area is 190 Å². The molecule has 0 spiro atoms. The van der Waals surface area contributed by atoms with Crippen LogP contribution in [-0.4, -0.2) is 22.5 Å². The van der Waals surface area contributed by atoms with E-state index >= 15 is 0 Å². The minimum atomic E-state index is -0.177. The van der Waals surface area contributed by atoms with Crippen LogP contribution in [-0.2, 0) is 4.79 Å². The molecular formula is C27H33N3O2. The molecule has 0 saturated heterocycles. The maximum atomic E-state index is 12.4. The van der Waals surface area contributed by atoms with Gasteiger partial charge in [-0.3, -0.25) is 4.79 Å².